The molecule has 0 radical (unpaired) electrons. The normalized spacial score (nSPS) is 12.2. The molecule has 0 aliphatic heterocycles. The number of esters is 1. The highest BCUT2D eigenvalue weighted by molar-refractivity contribution is 6.76. The van der Waals surface area contributed by atoms with E-state index in [1.807, 2.05) is 0 Å². The lowest BCUT2D eigenvalue weighted by molar-refractivity contribution is -0.384. The average Bonchev–Trinajstić information content (AvgIpc) is 2.50. The predicted molar refractivity (Wildman–Crippen MR) is 85.4 cm³/mol. The Bertz CT molecular complexity index is 640. The summed E-state index contributed by atoms with van der Waals surface area (Å²) in [6, 6.07) is 4.01. The SMILES string of the molecule is C=C(C(=O)OC)[C@@H](NC(=O)C(Cl)(Cl)Cl)c1ccc([N+](=O)[O-])cc1. The Labute approximate surface area is 146 Å². The molecule has 1 N–H and O–H groups in total. The van der Waals surface area contributed by atoms with Crippen molar-refractivity contribution in [2.24, 2.45) is 0 Å². The van der Waals surface area contributed by atoms with E-state index in [1.165, 1.54) is 24.3 Å². The van der Waals surface area contributed by atoms with Crippen molar-refractivity contribution in [2.75, 3.05) is 7.11 Å². The molecular weight excluding hydrogens is 371 g/mol. The molecule has 0 saturated heterocycles. The van der Waals surface area contributed by atoms with Gasteiger partial charge in [0, 0.05) is 12.1 Å². The van der Waals surface area contributed by atoms with Gasteiger partial charge in [-0.25, -0.2) is 4.79 Å². The smallest absolute Gasteiger partial charge is 0.335 e. The van der Waals surface area contributed by atoms with Crippen LogP contribution in [0.5, 0.6) is 0 Å². The molecule has 0 aliphatic rings. The summed E-state index contributed by atoms with van der Waals surface area (Å²) in [5, 5.41) is 13.0. The number of hydrogen-bond donors (Lipinski definition) is 1. The maximum absolute atomic E-state index is 11.8. The lowest BCUT2D eigenvalue weighted by atomic mass is 9.99. The minimum atomic E-state index is -2.25. The van der Waals surface area contributed by atoms with Crippen LogP contribution >= 0.6 is 34.8 Å². The first-order valence-electron chi connectivity index (χ1n) is 5.97. The average molecular weight is 382 g/mol. The fourth-order valence-electron chi connectivity index (χ4n) is 1.62. The fraction of sp³-hybridized carbons (Fsp3) is 0.231. The number of rotatable bonds is 5. The summed E-state index contributed by atoms with van der Waals surface area (Å²) in [7, 11) is 1.14. The molecule has 23 heavy (non-hydrogen) atoms. The van der Waals surface area contributed by atoms with Crippen molar-refractivity contribution in [1.82, 2.24) is 5.32 Å². The van der Waals surface area contributed by atoms with Crippen molar-refractivity contribution in [3.63, 3.8) is 0 Å². The number of nitrogens with zero attached hydrogens (tertiary/aromatic N) is 1. The van der Waals surface area contributed by atoms with Crippen LogP contribution in [0.1, 0.15) is 11.6 Å². The number of methoxy groups -OCH3 is 1. The summed E-state index contributed by atoms with van der Waals surface area (Å²) < 4.78 is 2.29. The lowest BCUT2D eigenvalue weighted by Crippen LogP contribution is -2.39. The molecule has 0 unspecified atom stereocenters. The van der Waals surface area contributed by atoms with Crippen LogP contribution in [-0.4, -0.2) is 27.7 Å². The van der Waals surface area contributed by atoms with Crippen molar-refractivity contribution in [1.29, 1.82) is 0 Å². The van der Waals surface area contributed by atoms with E-state index in [0.717, 1.165) is 7.11 Å². The lowest BCUT2D eigenvalue weighted by Gasteiger charge is -2.22. The van der Waals surface area contributed by atoms with Crippen molar-refractivity contribution in [3.8, 4) is 0 Å². The van der Waals surface area contributed by atoms with Crippen LogP contribution in [0.3, 0.4) is 0 Å². The number of benzene rings is 1. The molecule has 0 fully saturated rings. The van der Waals surface area contributed by atoms with E-state index in [4.69, 9.17) is 34.8 Å². The van der Waals surface area contributed by atoms with Gasteiger partial charge in [-0.1, -0.05) is 41.4 Å². The largest absolute Gasteiger partial charge is 0.466 e. The molecule has 0 aromatic heterocycles. The van der Waals surface area contributed by atoms with E-state index in [2.05, 4.69) is 16.6 Å². The van der Waals surface area contributed by atoms with Crippen LogP contribution in [0.15, 0.2) is 36.4 Å². The number of nitrogens with one attached hydrogen (secondary N) is 1. The van der Waals surface area contributed by atoms with E-state index < -0.39 is 26.6 Å². The number of hydrogen-bond acceptors (Lipinski definition) is 5. The number of ether oxygens (including phenoxy) is 1. The third kappa shape index (κ3) is 5.09. The van der Waals surface area contributed by atoms with Gasteiger partial charge in [0.1, 0.15) is 0 Å². The summed E-state index contributed by atoms with van der Waals surface area (Å²) in [4.78, 5) is 33.6. The van der Waals surface area contributed by atoms with Crippen LogP contribution in [-0.2, 0) is 14.3 Å². The number of carbonyl (C=O) groups excluding carboxylic acids is 2. The second-order valence-corrected chi connectivity index (χ2v) is 6.55. The third-order valence-corrected chi connectivity index (χ3v) is 3.28. The first-order chi connectivity index (χ1) is 10.6. The van der Waals surface area contributed by atoms with Crippen molar-refractivity contribution < 1.29 is 19.2 Å². The Kier molecular flexibility index (Phi) is 6.37. The number of nitro benzene ring substituents is 1. The maximum Gasteiger partial charge on any atom is 0.335 e. The van der Waals surface area contributed by atoms with Gasteiger partial charge in [0.2, 0.25) is 0 Å². The predicted octanol–water partition coefficient (Wildman–Crippen LogP) is 2.85. The molecule has 0 aliphatic carbocycles. The molecule has 1 aromatic carbocycles. The molecule has 0 heterocycles. The van der Waals surface area contributed by atoms with Gasteiger partial charge in [-0.3, -0.25) is 14.9 Å². The van der Waals surface area contributed by atoms with E-state index >= 15 is 0 Å². The minimum Gasteiger partial charge on any atom is -0.466 e. The third-order valence-electron chi connectivity index (χ3n) is 2.77. The maximum atomic E-state index is 11.8. The number of amides is 1. The number of halogens is 3. The van der Waals surface area contributed by atoms with Crippen molar-refractivity contribution in [2.45, 2.75) is 9.83 Å². The molecule has 7 nitrogen and oxygen atoms in total. The van der Waals surface area contributed by atoms with E-state index in [1.54, 1.807) is 0 Å². The molecule has 1 amide bonds. The first-order valence-corrected chi connectivity index (χ1v) is 7.10. The Balaban J connectivity index is 3.18. The van der Waals surface area contributed by atoms with Gasteiger partial charge < -0.3 is 10.1 Å². The number of non-ortho nitro benzene ring substituents is 1. The quantitative estimate of drug-likeness (QED) is 0.278. The fourth-order valence-corrected chi connectivity index (χ4v) is 1.79. The van der Waals surface area contributed by atoms with Crippen LogP contribution < -0.4 is 5.32 Å². The summed E-state index contributed by atoms with van der Waals surface area (Å²) >= 11 is 16.5. The molecule has 0 saturated carbocycles. The molecule has 1 rings (SSSR count). The van der Waals surface area contributed by atoms with Crippen LogP contribution in [0.4, 0.5) is 5.69 Å². The standard InChI is InChI=1S/C13H11Cl3N2O5/c1-7(11(19)23-2)10(17-12(20)13(14,15)16)8-3-5-9(6-4-8)18(21)22/h3-6,10H,1H2,2H3,(H,17,20)/t10-/m1/s1. The van der Waals surface area contributed by atoms with Crippen molar-refractivity contribution >= 4 is 52.4 Å². The Hall–Kier alpha value is -1.83. The zero-order chi connectivity index (χ0) is 17.8. The van der Waals surface area contributed by atoms with Crippen LogP contribution in [0.25, 0.3) is 0 Å². The summed E-state index contributed by atoms with van der Waals surface area (Å²) in [6.07, 6.45) is 0. The molecule has 10 heteroatoms. The summed E-state index contributed by atoms with van der Waals surface area (Å²) in [6.45, 7) is 3.54. The van der Waals surface area contributed by atoms with Gasteiger partial charge in [0.15, 0.2) is 0 Å². The molecule has 1 atom stereocenters. The number of alkyl halides is 3. The molecule has 124 valence electrons. The minimum absolute atomic E-state index is 0.135. The monoisotopic (exact) mass is 380 g/mol. The Morgan fingerprint density at radius 2 is 1.83 bits per heavy atom. The first kappa shape index (κ1) is 19.2. The summed E-state index contributed by atoms with van der Waals surface area (Å²) in [5.74, 6) is -1.78. The second-order valence-electron chi connectivity index (χ2n) is 4.27. The Morgan fingerprint density at radius 3 is 2.22 bits per heavy atom. The van der Waals surface area contributed by atoms with Gasteiger partial charge in [-0.05, 0) is 17.7 Å². The van der Waals surface area contributed by atoms with E-state index in [9.17, 15) is 19.7 Å². The van der Waals surface area contributed by atoms with Crippen molar-refractivity contribution in [3.05, 3.63) is 52.1 Å². The molecule has 1 aromatic rings. The number of carbonyl (C=O) groups is 2. The van der Waals surface area contributed by atoms with Gasteiger partial charge in [0.05, 0.1) is 23.6 Å². The Morgan fingerprint density at radius 1 is 1.30 bits per heavy atom. The van der Waals surface area contributed by atoms with Crippen LogP contribution in [0, 0.1) is 10.1 Å². The molecule has 0 spiro atoms. The zero-order valence-corrected chi connectivity index (χ0v) is 14.0. The molecular formula is C13H11Cl3N2O5. The highest BCUT2D eigenvalue weighted by Crippen LogP contribution is 2.30. The topological polar surface area (TPSA) is 98.5 Å². The zero-order valence-electron chi connectivity index (χ0n) is 11.7. The van der Waals surface area contributed by atoms with Gasteiger partial charge in [-0.2, -0.15) is 0 Å². The van der Waals surface area contributed by atoms with E-state index in [-0.39, 0.29) is 11.3 Å². The molecule has 0 bridgehead atoms. The van der Waals surface area contributed by atoms with E-state index in [0.29, 0.717) is 5.56 Å². The summed E-state index contributed by atoms with van der Waals surface area (Å²) in [5.41, 5.74) is 0.0291. The number of nitro groups is 1. The van der Waals surface area contributed by atoms with Gasteiger partial charge in [0.25, 0.3) is 15.4 Å². The van der Waals surface area contributed by atoms with Crippen LogP contribution in [0.2, 0.25) is 0 Å². The van der Waals surface area contributed by atoms with Gasteiger partial charge in [-0.15, -0.1) is 0 Å². The second kappa shape index (κ2) is 7.63. The highest BCUT2D eigenvalue weighted by atomic mass is 35.6. The van der Waals surface area contributed by atoms with Gasteiger partial charge >= 0.3 is 5.97 Å². The highest BCUT2D eigenvalue weighted by Gasteiger charge is 2.34.